The standard InChI is InChI=1S/C23H19N3O2/c27-23(13-11-17-10-12-18-15-24-26-22(18)14-17)25-21-9-5-4-6-19(21)16-28-20-7-2-1-3-8-20/h1-15H,16H2,(H,24,26)(H,25,27)/b13-11+. The number of aromatic nitrogens is 2. The second-order valence-corrected chi connectivity index (χ2v) is 6.30. The van der Waals surface area contributed by atoms with Crippen LogP contribution in [0.2, 0.25) is 0 Å². The van der Waals surface area contributed by atoms with E-state index in [0.29, 0.717) is 6.61 Å². The summed E-state index contributed by atoms with van der Waals surface area (Å²) in [5.74, 6) is 0.592. The number of anilines is 1. The zero-order chi connectivity index (χ0) is 19.2. The van der Waals surface area contributed by atoms with Gasteiger partial charge in [0.15, 0.2) is 0 Å². The lowest BCUT2D eigenvalue weighted by Gasteiger charge is -2.11. The quantitative estimate of drug-likeness (QED) is 0.480. The van der Waals surface area contributed by atoms with Gasteiger partial charge >= 0.3 is 0 Å². The van der Waals surface area contributed by atoms with Crippen LogP contribution in [0, 0.1) is 0 Å². The third-order valence-corrected chi connectivity index (χ3v) is 4.31. The summed E-state index contributed by atoms with van der Waals surface area (Å²) < 4.78 is 5.80. The highest BCUT2D eigenvalue weighted by Gasteiger charge is 2.05. The molecule has 0 fully saturated rings. The molecule has 4 aromatic rings. The minimum absolute atomic E-state index is 0.197. The van der Waals surface area contributed by atoms with Crippen molar-refractivity contribution < 1.29 is 9.53 Å². The molecule has 0 bridgehead atoms. The summed E-state index contributed by atoms with van der Waals surface area (Å²) in [5.41, 5.74) is 3.50. The van der Waals surface area contributed by atoms with E-state index >= 15 is 0 Å². The van der Waals surface area contributed by atoms with Crippen molar-refractivity contribution in [1.29, 1.82) is 0 Å². The largest absolute Gasteiger partial charge is 0.489 e. The molecule has 1 heterocycles. The minimum Gasteiger partial charge on any atom is -0.489 e. The summed E-state index contributed by atoms with van der Waals surface area (Å²) in [4.78, 5) is 12.4. The van der Waals surface area contributed by atoms with Gasteiger partial charge in [0.1, 0.15) is 12.4 Å². The van der Waals surface area contributed by atoms with Gasteiger partial charge in [0.05, 0.1) is 11.7 Å². The molecule has 0 aliphatic heterocycles. The van der Waals surface area contributed by atoms with Gasteiger partial charge in [-0.05, 0) is 35.9 Å². The van der Waals surface area contributed by atoms with Crippen LogP contribution in [-0.2, 0) is 11.4 Å². The number of benzene rings is 3. The third kappa shape index (κ3) is 4.27. The molecule has 1 aromatic heterocycles. The highest BCUT2D eigenvalue weighted by molar-refractivity contribution is 6.02. The number of carbonyl (C=O) groups is 1. The van der Waals surface area contributed by atoms with Gasteiger partial charge in [-0.15, -0.1) is 0 Å². The first-order valence-corrected chi connectivity index (χ1v) is 8.96. The number of para-hydroxylation sites is 2. The average Bonchev–Trinajstić information content (AvgIpc) is 3.20. The van der Waals surface area contributed by atoms with Crippen LogP contribution in [0.25, 0.3) is 17.0 Å². The van der Waals surface area contributed by atoms with Gasteiger partial charge in [0.25, 0.3) is 0 Å². The zero-order valence-electron chi connectivity index (χ0n) is 15.1. The Hall–Kier alpha value is -3.86. The Morgan fingerprint density at radius 3 is 2.75 bits per heavy atom. The van der Waals surface area contributed by atoms with Gasteiger partial charge in [0, 0.05) is 22.7 Å². The summed E-state index contributed by atoms with van der Waals surface area (Å²) in [7, 11) is 0. The number of fused-ring (bicyclic) bond motifs is 1. The fraction of sp³-hybridized carbons (Fsp3) is 0.0435. The number of hydrogen-bond acceptors (Lipinski definition) is 3. The monoisotopic (exact) mass is 369 g/mol. The molecule has 0 atom stereocenters. The van der Waals surface area contributed by atoms with Crippen molar-refractivity contribution in [2.75, 3.05) is 5.32 Å². The Kier molecular flexibility index (Phi) is 5.15. The highest BCUT2D eigenvalue weighted by atomic mass is 16.5. The van der Waals surface area contributed by atoms with Gasteiger partial charge < -0.3 is 10.1 Å². The summed E-state index contributed by atoms with van der Waals surface area (Å²) >= 11 is 0. The maximum Gasteiger partial charge on any atom is 0.248 e. The zero-order valence-corrected chi connectivity index (χ0v) is 15.1. The Morgan fingerprint density at radius 1 is 1.04 bits per heavy atom. The van der Waals surface area contributed by atoms with E-state index in [9.17, 15) is 4.79 Å². The number of H-pyrrole nitrogens is 1. The molecule has 0 radical (unpaired) electrons. The molecule has 1 amide bonds. The Balaban J connectivity index is 1.42. The van der Waals surface area contributed by atoms with Crippen LogP contribution in [-0.4, -0.2) is 16.1 Å². The van der Waals surface area contributed by atoms with E-state index in [2.05, 4.69) is 15.5 Å². The van der Waals surface area contributed by atoms with Gasteiger partial charge in [0.2, 0.25) is 5.91 Å². The van der Waals surface area contributed by atoms with Crippen LogP contribution in [0.3, 0.4) is 0 Å². The first-order chi connectivity index (χ1) is 13.8. The molecular weight excluding hydrogens is 350 g/mol. The summed E-state index contributed by atoms with van der Waals surface area (Å²) in [6.07, 6.45) is 5.06. The van der Waals surface area contributed by atoms with Crippen LogP contribution >= 0.6 is 0 Å². The van der Waals surface area contributed by atoms with Gasteiger partial charge in [-0.1, -0.05) is 48.5 Å². The third-order valence-electron chi connectivity index (χ3n) is 4.31. The average molecular weight is 369 g/mol. The van der Waals surface area contributed by atoms with Crippen LogP contribution in [0.5, 0.6) is 5.75 Å². The smallest absolute Gasteiger partial charge is 0.248 e. The molecular formula is C23H19N3O2. The summed E-state index contributed by atoms with van der Waals surface area (Å²) in [6.45, 7) is 0.376. The predicted molar refractivity (Wildman–Crippen MR) is 111 cm³/mol. The van der Waals surface area contributed by atoms with Crippen LogP contribution < -0.4 is 10.1 Å². The molecule has 2 N–H and O–H groups in total. The van der Waals surface area contributed by atoms with E-state index in [1.807, 2.05) is 72.8 Å². The fourth-order valence-electron chi connectivity index (χ4n) is 2.85. The molecule has 4 rings (SSSR count). The number of nitrogens with zero attached hydrogens (tertiary/aromatic N) is 1. The molecule has 5 heteroatoms. The Labute approximate surface area is 162 Å². The number of carbonyl (C=O) groups excluding carboxylic acids is 1. The molecule has 0 spiro atoms. The first-order valence-electron chi connectivity index (χ1n) is 8.96. The van der Waals surface area contributed by atoms with E-state index in [1.54, 1.807) is 12.3 Å². The molecule has 0 unspecified atom stereocenters. The van der Waals surface area contributed by atoms with Crippen molar-refractivity contribution in [2.45, 2.75) is 6.61 Å². The van der Waals surface area contributed by atoms with E-state index in [1.165, 1.54) is 6.08 Å². The maximum absolute atomic E-state index is 12.4. The molecule has 0 aliphatic rings. The lowest BCUT2D eigenvalue weighted by atomic mass is 10.1. The number of hydrogen-bond donors (Lipinski definition) is 2. The summed E-state index contributed by atoms with van der Waals surface area (Å²) in [5, 5.41) is 10.9. The molecule has 138 valence electrons. The fourth-order valence-corrected chi connectivity index (χ4v) is 2.85. The molecule has 5 nitrogen and oxygen atoms in total. The second kappa shape index (κ2) is 8.22. The van der Waals surface area contributed by atoms with Crippen molar-refractivity contribution in [3.8, 4) is 5.75 Å². The van der Waals surface area contributed by atoms with E-state index in [0.717, 1.165) is 33.5 Å². The SMILES string of the molecule is O=C(/C=C/c1ccc2cn[nH]c2c1)Nc1ccccc1COc1ccccc1. The molecule has 0 aliphatic carbocycles. The van der Waals surface area contributed by atoms with E-state index < -0.39 is 0 Å². The molecule has 0 saturated carbocycles. The van der Waals surface area contributed by atoms with Crippen molar-refractivity contribution in [1.82, 2.24) is 10.2 Å². The minimum atomic E-state index is -0.197. The summed E-state index contributed by atoms with van der Waals surface area (Å²) in [6, 6.07) is 23.1. The molecule has 3 aromatic carbocycles. The topological polar surface area (TPSA) is 67.0 Å². The Bertz CT molecular complexity index is 1120. The lowest BCUT2D eigenvalue weighted by Crippen LogP contribution is -2.10. The van der Waals surface area contributed by atoms with Crippen LogP contribution in [0.4, 0.5) is 5.69 Å². The van der Waals surface area contributed by atoms with Crippen molar-refractivity contribution in [2.24, 2.45) is 0 Å². The van der Waals surface area contributed by atoms with Crippen LogP contribution in [0.1, 0.15) is 11.1 Å². The highest BCUT2D eigenvalue weighted by Crippen LogP contribution is 2.19. The predicted octanol–water partition coefficient (Wildman–Crippen LogP) is 4.79. The van der Waals surface area contributed by atoms with Gasteiger partial charge in [-0.2, -0.15) is 5.10 Å². The van der Waals surface area contributed by atoms with E-state index in [4.69, 9.17) is 4.74 Å². The molecule has 28 heavy (non-hydrogen) atoms. The van der Waals surface area contributed by atoms with Crippen molar-refractivity contribution in [3.63, 3.8) is 0 Å². The first kappa shape index (κ1) is 17.5. The van der Waals surface area contributed by atoms with Gasteiger partial charge in [-0.3, -0.25) is 9.89 Å². The number of amides is 1. The Morgan fingerprint density at radius 2 is 1.86 bits per heavy atom. The van der Waals surface area contributed by atoms with Crippen molar-refractivity contribution in [3.05, 3.63) is 96.2 Å². The molecule has 0 saturated heterocycles. The maximum atomic E-state index is 12.4. The van der Waals surface area contributed by atoms with Crippen molar-refractivity contribution >= 4 is 28.6 Å². The number of ether oxygens (including phenoxy) is 1. The van der Waals surface area contributed by atoms with Crippen LogP contribution in [0.15, 0.2) is 85.1 Å². The van der Waals surface area contributed by atoms with Gasteiger partial charge in [-0.25, -0.2) is 0 Å². The number of rotatable bonds is 6. The normalized spacial score (nSPS) is 11.0. The van der Waals surface area contributed by atoms with E-state index in [-0.39, 0.29) is 5.91 Å². The second-order valence-electron chi connectivity index (χ2n) is 6.30. The lowest BCUT2D eigenvalue weighted by molar-refractivity contribution is -0.111. The number of nitrogens with one attached hydrogen (secondary N) is 2. The number of aromatic amines is 1.